The molecular formula is C23H24Cl2FN5O3. The molecule has 180 valence electrons. The van der Waals surface area contributed by atoms with Crippen molar-refractivity contribution in [2.75, 3.05) is 25.2 Å². The maximum atomic E-state index is 14.0. The largest absolute Gasteiger partial charge is 0.482 e. The maximum absolute atomic E-state index is 14.0. The highest BCUT2D eigenvalue weighted by Crippen LogP contribution is 2.37. The minimum Gasteiger partial charge on any atom is -0.482 e. The number of aromatic nitrogens is 3. The van der Waals surface area contributed by atoms with E-state index in [1.807, 2.05) is 10.9 Å². The molecule has 11 heteroatoms. The van der Waals surface area contributed by atoms with Gasteiger partial charge in [0, 0.05) is 34.1 Å². The topological polar surface area (TPSA) is 90.3 Å². The smallest absolute Gasteiger partial charge is 0.192 e. The van der Waals surface area contributed by atoms with Crippen LogP contribution in [-0.4, -0.2) is 40.7 Å². The zero-order valence-corrected chi connectivity index (χ0v) is 19.9. The van der Waals surface area contributed by atoms with E-state index in [1.165, 1.54) is 12.1 Å². The lowest BCUT2D eigenvalue weighted by Crippen LogP contribution is -2.29. The number of aldehydes is 1. The first-order valence-electron chi connectivity index (χ1n) is 10.8. The van der Waals surface area contributed by atoms with Crippen molar-refractivity contribution in [3.05, 3.63) is 58.2 Å². The third kappa shape index (κ3) is 5.50. The van der Waals surface area contributed by atoms with Gasteiger partial charge in [-0.3, -0.25) is 9.52 Å². The number of anilines is 1. The van der Waals surface area contributed by atoms with Gasteiger partial charge in [0.05, 0.1) is 17.3 Å². The Balaban J connectivity index is 1.63. The summed E-state index contributed by atoms with van der Waals surface area (Å²) in [6, 6.07) is 4.73. The van der Waals surface area contributed by atoms with Crippen molar-refractivity contribution < 1.29 is 18.8 Å². The Kier molecular flexibility index (Phi) is 7.99. The quantitative estimate of drug-likeness (QED) is 0.182. The van der Waals surface area contributed by atoms with Gasteiger partial charge in [0.2, 0.25) is 0 Å². The second-order valence-corrected chi connectivity index (χ2v) is 8.64. The highest BCUT2D eigenvalue weighted by Gasteiger charge is 2.21. The van der Waals surface area contributed by atoms with Crippen LogP contribution in [0.25, 0.3) is 11.1 Å². The Hall–Kier alpha value is -2.72. The van der Waals surface area contributed by atoms with Gasteiger partial charge in [-0.1, -0.05) is 23.2 Å². The Morgan fingerprint density at radius 2 is 2.09 bits per heavy atom. The average molecular weight is 508 g/mol. The van der Waals surface area contributed by atoms with E-state index in [9.17, 15) is 9.18 Å². The first-order valence-corrected chi connectivity index (χ1v) is 11.6. The van der Waals surface area contributed by atoms with Crippen LogP contribution in [0.15, 0.2) is 36.8 Å². The molecule has 0 bridgehead atoms. The highest BCUT2D eigenvalue weighted by molar-refractivity contribution is 6.36. The minimum atomic E-state index is -0.711. The third-order valence-electron chi connectivity index (χ3n) is 5.58. The molecule has 0 aliphatic carbocycles. The number of hydrogen-bond acceptors (Lipinski definition) is 7. The van der Waals surface area contributed by atoms with Crippen LogP contribution in [-0.2, 0) is 9.63 Å². The first-order chi connectivity index (χ1) is 16.5. The van der Waals surface area contributed by atoms with Crippen molar-refractivity contribution in [1.82, 2.24) is 20.1 Å². The van der Waals surface area contributed by atoms with Crippen LogP contribution in [0.3, 0.4) is 0 Å². The summed E-state index contributed by atoms with van der Waals surface area (Å²) in [5.74, 6) is -0.0462. The molecule has 0 radical (unpaired) electrons. The Morgan fingerprint density at radius 1 is 1.29 bits per heavy atom. The van der Waals surface area contributed by atoms with Crippen molar-refractivity contribution >= 4 is 35.3 Å². The van der Waals surface area contributed by atoms with E-state index in [0.29, 0.717) is 23.6 Å². The number of hydrogen-bond donors (Lipinski definition) is 2. The minimum absolute atomic E-state index is 0.112. The van der Waals surface area contributed by atoms with Crippen molar-refractivity contribution in [2.45, 2.75) is 31.9 Å². The van der Waals surface area contributed by atoms with Crippen LogP contribution in [0.5, 0.6) is 5.75 Å². The second kappa shape index (κ2) is 11.1. The summed E-state index contributed by atoms with van der Waals surface area (Å²) in [4.78, 5) is 20.1. The molecule has 2 N–H and O–H groups in total. The van der Waals surface area contributed by atoms with Gasteiger partial charge in [-0.05, 0) is 51.1 Å². The summed E-state index contributed by atoms with van der Waals surface area (Å²) in [6.45, 7) is 3.45. The molecule has 1 saturated heterocycles. The summed E-state index contributed by atoms with van der Waals surface area (Å²) < 4.78 is 22.1. The van der Waals surface area contributed by atoms with Crippen LogP contribution in [0.2, 0.25) is 10.0 Å². The fraction of sp³-hybridized carbons (Fsp3) is 0.348. The summed E-state index contributed by atoms with van der Waals surface area (Å²) in [6.07, 6.45) is 7.33. The molecule has 3 aromatic rings. The number of pyridine rings is 1. The van der Waals surface area contributed by atoms with Gasteiger partial charge >= 0.3 is 0 Å². The number of halogens is 3. The molecule has 4 rings (SSSR count). The van der Waals surface area contributed by atoms with E-state index >= 15 is 0 Å². The van der Waals surface area contributed by atoms with E-state index < -0.39 is 11.9 Å². The molecule has 1 aromatic carbocycles. The Morgan fingerprint density at radius 3 is 2.85 bits per heavy atom. The molecule has 3 heterocycles. The molecule has 0 amide bonds. The van der Waals surface area contributed by atoms with Gasteiger partial charge in [0.15, 0.2) is 11.6 Å². The van der Waals surface area contributed by atoms with Gasteiger partial charge in [-0.15, -0.1) is 0 Å². The fourth-order valence-corrected chi connectivity index (χ4v) is 4.51. The number of ether oxygens (including phenoxy) is 1. The SMILES string of the molecule is C[C@@H](Oc1cc(-c2cnn(C3CCNCC3)c2)cnc1NOCC=O)c1c(Cl)ccc(F)c1Cl. The number of carbonyl (C=O) groups excluding carboxylic acids is 1. The number of benzene rings is 1. The van der Waals surface area contributed by atoms with E-state index in [0.717, 1.165) is 37.1 Å². The first kappa shape index (κ1) is 24.4. The molecule has 1 atom stereocenters. The standard InChI is InChI=1S/C23H24Cl2FN5O3/c1-14(21-18(24)2-3-19(26)22(21)25)34-20-10-15(11-28-23(20)30-33-9-8-32)16-12-29-31(13-16)17-4-6-27-7-5-17/h2-3,8,10-14,17,27H,4-7,9H2,1H3,(H,28,30)/t14-/m1/s1. The van der Waals surface area contributed by atoms with E-state index in [-0.39, 0.29) is 22.5 Å². The molecule has 0 saturated carbocycles. The molecular weight excluding hydrogens is 484 g/mol. The van der Waals surface area contributed by atoms with Crippen molar-refractivity contribution in [3.8, 4) is 16.9 Å². The molecule has 1 fully saturated rings. The summed E-state index contributed by atoms with van der Waals surface area (Å²) in [5.41, 5.74) is 4.55. The van der Waals surface area contributed by atoms with Crippen LogP contribution in [0, 0.1) is 5.82 Å². The predicted octanol–water partition coefficient (Wildman–Crippen LogP) is 5.00. The molecule has 34 heavy (non-hydrogen) atoms. The predicted molar refractivity (Wildman–Crippen MR) is 128 cm³/mol. The molecule has 1 aliphatic heterocycles. The van der Waals surface area contributed by atoms with E-state index in [1.54, 1.807) is 25.4 Å². The van der Waals surface area contributed by atoms with Crippen LogP contribution < -0.4 is 15.5 Å². The summed E-state index contributed by atoms with van der Waals surface area (Å²) in [5, 5.41) is 8.05. The van der Waals surface area contributed by atoms with Gasteiger partial charge < -0.3 is 14.8 Å². The lowest BCUT2D eigenvalue weighted by Gasteiger charge is -2.22. The summed E-state index contributed by atoms with van der Waals surface area (Å²) in [7, 11) is 0. The molecule has 0 unspecified atom stereocenters. The fourth-order valence-electron chi connectivity index (χ4n) is 3.84. The van der Waals surface area contributed by atoms with Crippen LogP contribution in [0.4, 0.5) is 10.2 Å². The second-order valence-electron chi connectivity index (χ2n) is 7.86. The van der Waals surface area contributed by atoms with Crippen molar-refractivity contribution in [1.29, 1.82) is 0 Å². The summed E-state index contributed by atoms with van der Waals surface area (Å²) >= 11 is 12.4. The van der Waals surface area contributed by atoms with E-state index in [2.05, 4.69) is 20.9 Å². The zero-order chi connectivity index (χ0) is 24.1. The van der Waals surface area contributed by atoms with E-state index in [4.69, 9.17) is 32.8 Å². The molecule has 1 aliphatic rings. The van der Waals surface area contributed by atoms with Crippen molar-refractivity contribution in [2.24, 2.45) is 0 Å². The molecule has 2 aromatic heterocycles. The number of piperidine rings is 1. The highest BCUT2D eigenvalue weighted by atomic mass is 35.5. The number of carbonyl (C=O) groups is 1. The van der Waals surface area contributed by atoms with Crippen molar-refractivity contribution in [3.63, 3.8) is 0 Å². The lowest BCUT2D eigenvalue weighted by atomic mass is 10.1. The number of rotatable bonds is 9. The number of nitrogens with zero attached hydrogens (tertiary/aromatic N) is 3. The number of nitrogens with one attached hydrogen (secondary N) is 2. The lowest BCUT2D eigenvalue weighted by molar-refractivity contribution is -0.111. The van der Waals surface area contributed by atoms with Gasteiger partial charge in [-0.25, -0.2) is 14.9 Å². The van der Waals surface area contributed by atoms with Gasteiger partial charge in [0.1, 0.15) is 24.8 Å². The van der Waals surface area contributed by atoms with Gasteiger partial charge in [-0.2, -0.15) is 5.10 Å². The Labute approximate surface area is 206 Å². The normalized spacial score (nSPS) is 15.2. The van der Waals surface area contributed by atoms with Crippen LogP contribution in [0.1, 0.15) is 37.5 Å². The Bertz CT molecular complexity index is 1150. The van der Waals surface area contributed by atoms with Crippen LogP contribution >= 0.6 is 23.2 Å². The molecule has 8 nitrogen and oxygen atoms in total. The van der Waals surface area contributed by atoms with Gasteiger partial charge in [0.25, 0.3) is 0 Å². The third-order valence-corrected chi connectivity index (χ3v) is 6.29. The zero-order valence-electron chi connectivity index (χ0n) is 18.4. The molecule has 0 spiro atoms. The maximum Gasteiger partial charge on any atom is 0.192 e. The average Bonchev–Trinajstić information content (AvgIpc) is 3.34. The monoisotopic (exact) mass is 507 g/mol.